The third-order valence-electron chi connectivity index (χ3n) is 4.97. The monoisotopic (exact) mass is 445 g/mol. The summed E-state index contributed by atoms with van der Waals surface area (Å²) in [6, 6.07) is 5.94. The number of fused-ring (bicyclic) bond motifs is 1. The van der Waals surface area contributed by atoms with Crippen LogP contribution in [-0.2, 0) is 6.54 Å². The number of nitrogens with zero attached hydrogens (tertiary/aromatic N) is 5. The van der Waals surface area contributed by atoms with Crippen molar-refractivity contribution in [3.8, 4) is 0 Å². The topological polar surface area (TPSA) is 126 Å². The van der Waals surface area contributed by atoms with E-state index in [4.69, 9.17) is 11.6 Å². The first-order chi connectivity index (χ1) is 15.8. The maximum atomic E-state index is 6.42. The lowest BCUT2D eigenvalue weighted by Gasteiger charge is -2.21. The summed E-state index contributed by atoms with van der Waals surface area (Å²) < 4.78 is 1.83. The normalized spacial score (nSPS) is 12.6. The van der Waals surface area contributed by atoms with E-state index < -0.39 is 0 Å². The Hall–Kier alpha value is -4.11. The number of H-pyrrole nitrogens is 1. The minimum absolute atomic E-state index is 0.0818. The molecule has 0 unspecified atom stereocenters. The Balaban J connectivity index is 1.73. The molecule has 0 aliphatic carbocycles. The number of rotatable bonds is 11. The van der Waals surface area contributed by atoms with E-state index in [1.54, 1.807) is 35.9 Å². The number of aromatic amines is 1. The van der Waals surface area contributed by atoms with Gasteiger partial charge in [0, 0.05) is 72.0 Å². The molecule has 172 valence electrons. The number of pyridine rings is 1. The predicted molar refractivity (Wildman–Crippen MR) is 135 cm³/mol. The third kappa shape index (κ3) is 6.44. The maximum absolute atomic E-state index is 6.42. The van der Waals surface area contributed by atoms with Crippen LogP contribution in [0.5, 0.6) is 0 Å². The van der Waals surface area contributed by atoms with E-state index in [1.807, 2.05) is 49.1 Å². The van der Waals surface area contributed by atoms with Crippen LogP contribution in [0.3, 0.4) is 0 Å². The first-order valence-electron chi connectivity index (χ1n) is 10.6. The summed E-state index contributed by atoms with van der Waals surface area (Å²) in [5.41, 5.74) is 9.95. The summed E-state index contributed by atoms with van der Waals surface area (Å²) in [6.07, 6.45) is 12.3. The van der Waals surface area contributed by atoms with Gasteiger partial charge < -0.3 is 21.0 Å². The average molecular weight is 446 g/mol. The Kier molecular flexibility index (Phi) is 7.82. The fraction of sp³-hybridized carbons (Fsp3) is 0.208. The van der Waals surface area contributed by atoms with Gasteiger partial charge in [-0.2, -0.15) is 5.10 Å². The van der Waals surface area contributed by atoms with Crippen LogP contribution in [0.4, 0.5) is 0 Å². The molecule has 0 radical (unpaired) electrons. The second-order valence-corrected chi connectivity index (χ2v) is 7.74. The molecule has 9 heteroatoms. The minimum Gasteiger partial charge on any atom is -0.398 e. The van der Waals surface area contributed by atoms with E-state index in [1.165, 1.54) is 0 Å². The van der Waals surface area contributed by atoms with Gasteiger partial charge in [0.05, 0.1) is 6.54 Å². The number of aromatic nitrogens is 4. The van der Waals surface area contributed by atoms with Gasteiger partial charge in [-0.3, -0.25) is 4.68 Å². The van der Waals surface area contributed by atoms with Gasteiger partial charge in [0.1, 0.15) is 11.5 Å². The second-order valence-electron chi connectivity index (χ2n) is 7.74. The lowest BCUT2D eigenvalue weighted by atomic mass is 9.98. The molecule has 33 heavy (non-hydrogen) atoms. The molecule has 0 aromatic carbocycles. The van der Waals surface area contributed by atoms with Gasteiger partial charge in [-0.1, -0.05) is 13.2 Å². The van der Waals surface area contributed by atoms with Gasteiger partial charge in [-0.15, -0.1) is 0 Å². The van der Waals surface area contributed by atoms with Crippen molar-refractivity contribution in [3.05, 3.63) is 91.1 Å². The highest BCUT2D eigenvalue weighted by Gasteiger charge is 2.12. The molecule has 6 N–H and O–H groups in total. The molecule has 0 saturated heterocycles. The molecule has 0 atom stereocenters. The molecule has 0 amide bonds. The van der Waals surface area contributed by atoms with Gasteiger partial charge in [-0.25, -0.2) is 15.8 Å². The van der Waals surface area contributed by atoms with Crippen molar-refractivity contribution in [2.75, 3.05) is 6.54 Å². The zero-order chi connectivity index (χ0) is 23.8. The van der Waals surface area contributed by atoms with Crippen LogP contribution in [0, 0.1) is 0 Å². The van der Waals surface area contributed by atoms with Gasteiger partial charge in [-0.05, 0) is 43.7 Å². The van der Waals surface area contributed by atoms with Gasteiger partial charge >= 0.3 is 0 Å². The minimum atomic E-state index is 0.0818. The van der Waals surface area contributed by atoms with Gasteiger partial charge in [0.25, 0.3) is 0 Å². The van der Waals surface area contributed by atoms with Gasteiger partial charge in [0.2, 0.25) is 0 Å². The van der Waals surface area contributed by atoms with Crippen molar-refractivity contribution in [3.63, 3.8) is 0 Å². The highest BCUT2D eigenvalue weighted by molar-refractivity contribution is 5.88. The van der Waals surface area contributed by atoms with Crippen LogP contribution in [0.25, 0.3) is 16.6 Å². The number of hydrogen-bond donors (Lipinski definition) is 4. The molecule has 0 aliphatic heterocycles. The Morgan fingerprint density at radius 3 is 2.94 bits per heavy atom. The van der Waals surface area contributed by atoms with Crippen LogP contribution in [0.1, 0.15) is 19.4 Å². The summed E-state index contributed by atoms with van der Waals surface area (Å²) in [7, 11) is 0. The lowest BCUT2D eigenvalue weighted by Crippen LogP contribution is -2.33. The molecule has 0 aliphatic rings. The molecule has 3 heterocycles. The Labute approximate surface area is 193 Å². The van der Waals surface area contributed by atoms with E-state index in [9.17, 15) is 0 Å². The fourth-order valence-electron chi connectivity index (χ4n) is 2.98. The SMILES string of the molecule is C=C(N=C/C=C(N)/C(=C/N(N)C(C)C)C(=C)c1cnc2[nH]ccc2c1)NCCn1cccn1. The summed E-state index contributed by atoms with van der Waals surface area (Å²) in [6.45, 7) is 13.5. The fourth-order valence-corrected chi connectivity index (χ4v) is 2.98. The highest BCUT2D eigenvalue weighted by Crippen LogP contribution is 2.27. The Morgan fingerprint density at radius 2 is 2.21 bits per heavy atom. The molecular formula is C24H31N9. The molecule has 0 spiro atoms. The van der Waals surface area contributed by atoms with Crippen molar-refractivity contribution in [2.24, 2.45) is 16.6 Å². The summed E-state index contributed by atoms with van der Waals surface area (Å²) >= 11 is 0. The quantitative estimate of drug-likeness (QED) is 0.156. The van der Waals surface area contributed by atoms with Crippen LogP contribution >= 0.6 is 0 Å². The van der Waals surface area contributed by atoms with Crippen molar-refractivity contribution in [2.45, 2.75) is 26.4 Å². The number of aliphatic imine (C=N–C) groups is 1. The molecule has 3 rings (SSSR count). The van der Waals surface area contributed by atoms with Crippen LogP contribution in [0.15, 0.2) is 90.5 Å². The van der Waals surface area contributed by atoms with E-state index >= 15 is 0 Å². The Bertz CT molecular complexity index is 1180. The average Bonchev–Trinajstić information content (AvgIpc) is 3.48. The van der Waals surface area contributed by atoms with E-state index in [2.05, 4.69) is 38.5 Å². The van der Waals surface area contributed by atoms with E-state index in [-0.39, 0.29) is 6.04 Å². The van der Waals surface area contributed by atoms with E-state index in [0.29, 0.717) is 35.8 Å². The molecule has 3 aromatic rings. The Morgan fingerprint density at radius 1 is 1.39 bits per heavy atom. The zero-order valence-electron chi connectivity index (χ0n) is 19.1. The molecule has 9 nitrogen and oxygen atoms in total. The standard InChI is InChI=1S/C24H31N9/c1-17(2)33(26)16-22(18(3)21-14-20-6-9-29-24(20)30-15-21)23(25)7-10-27-19(4)28-11-13-32-12-5-8-31-32/h5-10,12,14-17,28H,3-4,11,13,25-26H2,1-2H3,(H,29,30)/b22-16+,23-7-,27-10?. The van der Waals surface area contributed by atoms with Crippen molar-refractivity contribution in [1.82, 2.24) is 30.1 Å². The molecule has 0 saturated carbocycles. The summed E-state index contributed by atoms with van der Waals surface area (Å²) in [4.78, 5) is 11.8. The van der Waals surface area contributed by atoms with E-state index in [0.717, 1.165) is 16.6 Å². The largest absolute Gasteiger partial charge is 0.398 e. The van der Waals surface area contributed by atoms with Gasteiger partial charge in [0.15, 0.2) is 0 Å². The lowest BCUT2D eigenvalue weighted by molar-refractivity contribution is 0.321. The first kappa shape index (κ1) is 23.6. The number of nitrogens with two attached hydrogens (primary N) is 2. The predicted octanol–water partition coefficient (Wildman–Crippen LogP) is 2.92. The second kappa shape index (κ2) is 11.0. The molecule has 3 aromatic heterocycles. The summed E-state index contributed by atoms with van der Waals surface area (Å²) in [5, 5.41) is 9.88. The smallest absolute Gasteiger partial charge is 0.137 e. The number of hydrazine groups is 1. The highest BCUT2D eigenvalue weighted by atomic mass is 15.4. The first-order valence-corrected chi connectivity index (χ1v) is 10.6. The van der Waals surface area contributed by atoms with Crippen LogP contribution in [-0.4, -0.2) is 43.6 Å². The number of nitrogens with one attached hydrogen (secondary N) is 2. The van der Waals surface area contributed by atoms with Crippen molar-refractivity contribution in [1.29, 1.82) is 0 Å². The maximum Gasteiger partial charge on any atom is 0.137 e. The number of hydrogen-bond acceptors (Lipinski definition) is 7. The summed E-state index contributed by atoms with van der Waals surface area (Å²) in [5.74, 6) is 6.69. The molecular weight excluding hydrogens is 414 g/mol. The van der Waals surface area contributed by atoms with Crippen molar-refractivity contribution >= 4 is 22.8 Å². The molecule has 0 fully saturated rings. The zero-order valence-corrected chi connectivity index (χ0v) is 19.1. The third-order valence-corrected chi connectivity index (χ3v) is 4.97. The van der Waals surface area contributed by atoms with Crippen LogP contribution in [0.2, 0.25) is 0 Å². The molecule has 0 bridgehead atoms. The van der Waals surface area contributed by atoms with Crippen LogP contribution < -0.4 is 16.9 Å². The number of allylic oxidation sites excluding steroid dienone is 2. The van der Waals surface area contributed by atoms with Crippen molar-refractivity contribution < 1.29 is 0 Å².